The lowest BCUT2D eigenvalue weighted by atomic mass is 10.2. The highest BCUT2D eigenvalue weighted by Crippen LogP contribution is 2.21. The van der Waals surface area contributed by atoms with Gasteiger partial charge in [-0.15, -0.1) is 5.10 Å². The van der Waals surface area contributed by atoms with Crippen LogP contribution < -0.4 is 0 Å². The Balaban J connectivity index is 1.47. The second-order valence-electron chi connectivity index (χ2n) is 6.29. The van der Waals surface area contributed by atoms with Gasteiger partial charge in [0, 0.05) is 18.0 Å². The lowest BCUT2D eigenvalue weighted by Gasteiger charge is -2.05. The van der Waals surface area contributed by atoms with E-state index in [2.05, 4.69) is 35.5 Å². The van der Waals surface area contributed by atoms with Gasteiger partial charge in [-0.05, 0) is 11.6 Å². The average molecular weight is 400 g/mol. The highest BCUT2D eigenvalue weighted by Gasteiger charge is 2.28. The molecular weight excluding hydrogens is 389 g/mol. The third-order valence-electron chi connectivity index (χ3n) is 4.17. The van der Waals surface area contributed by atoms with E-state index in [-0.39, 0.29) is 0 Å². The van der Waals surface area contributed by atoms with Crippen LogP contribution in [0.4, 0.5) is 13.2 Å². The summed E-state index contributed by atoms with van der Waals surface area (Å²) in [5.41, 5.74) is 3.14. The second kappa shape index (κ2) is 6.32. The smallest absolute Gasteiger partial charge is 0.263 e. The molecule has 0 fully saturated rings. The fourth-order valence-electron chi connectivity index (χ4n) is 2.89. The molecule has 0 aliphatic heterocycles. The van der Waals surface area contributed by atoms with Gasteiger partial charge in [-0.2, -0.15) is 23.4 Å². The highest BCUT2D eigenvalue weighted by molar-refractivity contribution is 5.69. The fourth-order valence-corrected chi connectivity index (χ4v) is 2.89. The maximum atomic E-state index is 12.5. The molecule has 0 radical (unpaired) electrons. The molecule has 13 heteroatoms. The normalized spacial score (nSPS) is 12.2. The first-order valence-corrected chi connectivity index (χ1v) is 8.39. The van der Waals surface area contributed by atoms with Crippen LogP contribution in [-0.2, 0) is 13.1 Å². The van der Waals surface area contributed by atoms with Gasteiger partial charge in [0.15, 0.2) is 11.3 Å². The van der Waals surface area contributed by atoms with Crippen molar-refractivity contribution in [1.29, 1.82) is 0 Å². The minimum absolute atomic E-state index is 0.332. The van der Waals surface area contributed by atoms with E-state index in [4.69, 9.17) is 0 Å². The van der Waals surface area contributed by atoms with E-state index in [9.17, 15) is 13.2 Å². The summed E-state index contributed by atoms with van der Waals surface area (Å²) in [5.74, 6) is 0. The summed E-state index contributed by atoms with van der Waals surface area (Å²) in [6.45, 7) is -0.815. The fraction of sp³-hybridized carbons (Fsp3) is 0.188. The predicted molar refractivity (Wildman–Crippen MR) is 92.5 cm³/mol. The molecule has 0 atom stereocenters. The first-order chi connectivity index (χ1) is 13.9. The molecule has 0 saturated carbocycles. The Morgan fingerprint density at radius 1 is 1.00 bits per heavy atom. The average Bonchev–Trinajstić information content (AvgIpc) is 3.40. The van der Waals surface area contributed by atoms with Gasteiger partial charge < -0.3 is 0 Å². The van der Waals surface area contributed by atoms with Crippen molar-refractivity contribution >= 4 is 16.9 Å². The second-order valence-corrected chi connectivity index (χ2v) is 6.29. The first kappa shape index (κ1) is 17.2. The number of aromatic nitrogens is 10. The molecule has 0 unspecified atom stereocenters. The summed E-state index contributed by atoms with van der Waals surface area (Å²) in [7, 11) is 0. The summed E-state index contributed by atoms with van der Waals surface area (Å²) in [6, 6.07) is 3.71. The number of alkyl halides is 3. The molecule has 5 aromatic heterocycles. The van der Waals surface area contributed by atoms with Crippen molar-refractivity contribution in [1.82, 2.24) is 49.3 Å². The molecule has 29 heavy (non-hydrogen) atoms. The molecule has 5 heterocycles. The van der Waals surface area contributed by atoms with Gasteiger partial charge in [-0.25, -0.2) is 24.1 Å². The van der Waals surface area contributed by atoms with Crippen molar-refractivity contribution in [2.75, 3.05) is 0 Å². The van der Waals surface area contributed by atoms with Crippen LogP contribution in [0.25, 0.3) is 28.2 Å². The minimum atomic E-state index is -4.35. The molecule has 0 aromatic carbocycles. The topological polar surface area (TPSA) is 104 Å². The van der Waals surface area contributed by atoms with Crippen LogP contribution in [0, 0.1) is 0 Å². The number of hydrogen-bond acceptors (Lipinski definition) is 7. The molecule has 0 aliphatic carbocycles. The van der Waals surface area contributed by atoms with Crippen LogP contribution in [0.2, 0.25) is 0 Å². The molecule has 0 saturated heterocycles. The number of fused-ring (bicyclic) bond motifs is 2. The van der Waals surface area contributed by atoms with Crippen LogP contribution in [0.1, 0.15) is 5.56 Å². The van der Waals surface area contributed by atoms with Gasteiger partial charge in [0.1, 0.15) is 12.9 Å². The Labute approximate surface area is 159 Å². The number of halogens is 3. The number of pyridine rings is 1. The molecule has 5 aromatic rings. The van der Waals surface area contributed by atoms with Gasteiger partial charge in [-0.1, -0.05) is 11.3 Å². The number of rotatable bonds is 4. The zero-order valence-electron chi connectivity index (χ0n) is 14.6. The first-order valence-electron chi connectivity index (χ1n) is 8.39. The molecule has 5 rings (SSSR count). The lowest BCUT2D eigenvalue weighted by Crippen LogP contribution is -2.17. The Hall–Kier alpha value is -3.90. The summed E-state index contributed by atoms with van der Waals surface area (Å²) < 4.78 is 41.6. The van der Waals surface area contributed by atoms with Gasteiger partial charge >= 0.3 is 6.18 Å². The minimum Gasteiger partial charge on any atom is -0.263 e. The Bertz CT molecular complexity index is 1320. The molecule has 10 nitrogen and oxygen atoms in total. The standard InChI is InChI=1S/C16H11F3N10/c17-16(18,19)8-27-7-11(3-22-27)12-4-20-14-15(24-12)29(26-25-14)6-10-1-2-13-21-9-23-28(13)5-10/h1-5,7,9H,6,8H2. The molecule has 0 spiro atoms. The number of hydrogen-bond donors (Lipinski definition) is 0. The van der Waals surface area contributed by atoms with Crippen LogP contribution in [0.15, 0.2) is 43.2 Å². The van der Waals surface area contributed by atoms with E-state index in [0.29, 0.717) is 29.1 Å². The molecule has 0 amide bonds. The lowest BCUT2D eigenvalue weighted by molar-refractivity contribution is -0.142. The zero-order chi connectivity index (χ0) is 20.0. The van der Waals surface area contributed by atoms with Crippen LogP contribution >= 0.6 is 0 Å². The third-order valence-corrected chi connectivity index (χ3v) is 4.17. The number of nitrogens with zero attached hydrogens (tertiary/aromatic N) is 10. The summed E-state index contributed by atoms with van der Waals surface area (Å²) in [4.78, 5) is 12.8. The van der Waals surface area contributed by atoms with Gasteiger partial charge in [0.2, 0.25) is 5.65 Å². The van der Waals surface area contributed by atoms with E-state index in [1.165, 1.54) is 24.9 Å². The summed E-state index contributed by atoms with van der Waals surface area (Å²) in [5, 5.41) is 15.9. The monoisotopic (exact) mass is 400 g/mol. The van der Waals surface area contributed by atoms with E-state index in [0.717, 1.165) is 15.9 Å². The Morgan fingerprint density at radius 2 is 1.90 bits per heavy atom. The van der Waals surface area contributed by atoms with Gasteiger partial charge in [0.05, 0.1) is 24.6 Å². The van der Waals surface area contributed by atoms with E-state index >= 15 is 0 Å². The Morgan fingerprint density at radius 3 is 2.76 bits per heavy atom. The van der Waals surface area contributed by atoms with Gasteiger partial charge in [0.25, 0.3) is 0 Å². The van der Waals surface area contributed by atoms with Crippen LogP contribution in [0.3, 0.4) is 0 Å². The zero-order valence-corrected chi connectivity index (χ0v) is 14.6. The predicted octanol–water partition coefficient (Wildman–Crippen LogP) is 1.74. The SMILES string of the molecule is FC(F)(F)Cn1cc(-c2cnc3nnn(Cc4ccc5ncnn5c4)c3n2)cn1. The molecule has 0 N–H and O–H groups in total. The third kappa shape index (κ3) is 3.37. The highest BCUT2D eigenvalue weighted by atomic mass is 19.4. The quantitative estimate of drug-likeness (QED) is 0.452. The van der Waals surface area contributed by atoms with Crippen LogP contribution in [-0.4, -0.2) is 55.5 Å². The van der Waals surface area contributed by atoms with Crippen molar-refractivity contribution in [3.8, 4) is 11.3 Å². The van der Waals surface area contributed by atoms with Crippen molar-refractivity contribution in [2.24, 2.45) is 0 Å². The van der Waals surface area contributed by atoms with E-state index < -0.39 is 12.7 Å². The van der Waals surface area contributed by atoms with Crippen molar-refractivity contribution in [3.63, 3.8) is 0 Å². The molecule has 0 bridgehead atoms. The molecular formula is C16H11F3N10. The maximum Gasteiger partial charge on any atom is 0.408 e. The molecule has 146 valence electrons. The molecule has 0 aliphatic rings. The van der Waals surface area contributed by atoms with E-state index in [1.807, 2.05) is 18.3 Å². The van der Waals surface area contributed by atoms with Crippen molar-refractivity contribution in [3.05, 3.63) is 48.8 Å². The summed E-state index contributed by atoms with van der Waals surface area (Å²) in [6.07, 6.45) is 2.93. The van der Waals surface area contributed by atoms with Crippen molar-refractivity contribution in [2.45, 2.75) is 19.3 Å². The Kier molecular flexibility index (Phi) is 3.75. The maximum absolute atomic E-state index is 12.5. The van der Waals surface area contributed by atoms with Crippen molar-refractivity contribution < 1.29 is 13.2 Å². The summed E-state index contributed by atoms with van der Waals surface area (Å²) >= 11 is 0. The van der Waals surface area contributed by atoms with Crippen LogP contribution in [0.5, 0.6) is 0 Å². The van der Waals surface area contributed by atoms with Gasteiger partial charge in [-0.3, -0.25) is 4.68 Å². The van der Waals surface area contributed by atoms with E-state index in [1.54, 1.807) is 9.20 Å². The largest absolute Gasteiger partial charge is 0.408 e.